The molecule has 1 atom stereocenters. The van der Waals surface area contributed by atoms with E-state index in [-0.39, 0.29) is 33.9 Å². The zero-order valence-corrected chi connectivity index (χ0v) is 27.2. The van der Waals surface area contributed by atoms with E-state index in [9.17, 15) is 31.2 Å². The van der Waals surface area contributed by atoms with Crippen molar-refractivity contribution in [2.24, 2.45) is 0 Å². The van der Waals surface area contributed by atoms with Crippen LogP contribution in [0.1, 0.15) is 50.2 Å². The quantitative estimate of drug-likeness (QED) is 0.222. The molecule has 2 amide bonds. The van der Waals surface area contributed by atoms with Crippen molar-refractivity contribution in [1.29, 1.82) is 0 Å². The number of benzene rings is 3. The van der Waals surface area contributed by atoms with Gasteiger partial charge in [0.2, 0.25) is 11.8 Å². The molecule has 0 aromatic heterocycles. The summed E-state index contributed by atoms with van der Waals surface area (Å²) >= 11 is 18.8. The molecule has 242 valence electrons. The molecule has 1 aliphatic carbocycles. The number of nitrogens with one attached hydrogen (secondary N) is 1. The van der Waals surface area contributed by atoms with E-state index in [2.05, 4.69) is 5.32 Å². The SMILES string of the molecule is CC[C@H](C(=O)NC1CCCC1)N(Cc1ccc(Cl)cc1Cl)C(=O)CN(c1cc(C(F)(F)F)ccc1Cl)S(=O)(=O)c1ccccc1. The fraction of sp³-hybridized carbons (Fsp3) is 0.355. The Morgan fingerprint density at radius 2 is 1.62 bits per heavy atom. The normalized spacial score (nSPS) is 14.6. The molecule has 4 rings (SSSR count). The van der Waals surface area contributed by atoms with Gasteiger partial charge in [-0.05, 0) is 67.3 Å². The van der Waals surface area contributed by atoms with Crippen molar-refractivity contribution in [3.63, 3.8) is 0 Å². The molecule has 0 unspecified atom stereocenters. The molecule has 7 nitrogen and oxygen atoms in total. The van der Waals surface area contributed by atoms with Crippen LogP contribution in [0.25, 0.3) is 0 Å². The highest BCUT2D eigenvalue weighted by Gasteiger charge is 2.37. The molecule has 1 aliphatic rings. The van der Waals surface area contributed by atoms with Gasteiger partial charge in [0.25, 0.3) is 10.0 Å². The van der Waals surface area contributed by atoms with Crippen LogP contribution >= 0.6 is 34.8 Å². The zero-order chi connectivity index (χ0) is 32.9. The van der Waals surface area contributed by atoms with Crippen molar-refractivity contribution in [2.45, 2.75) is 68.7 Å². The maximum atomic E-state index is 14.2. The van der Waals surface area contributed by atoms with Crippen LogP contribution in [0.5, 0.6) is 0 Å². The summed E-state index contributed by atoms with van der Waals surface area (Å²) in [7, 11) is -4.64. The average molecular weight is 705 g/mol. The maximum absolute atomic E-state index is 14.2. The summed E-state index contributed by atoms with van der Waals surface area (Å²) in [5.41, 5.74) is -1.28. The molecule has 0 aliphatic heterocycles. The van der Waals surface area contributed by atoms with Gasteiger partial charge < -0.3 is 10.2 Å². The Hall–Kier alpha value is -2.99. The predicted molar refractivity (Wildman–Crippen MR) is 169 cm³/mol. The van der Waals surface area contributed by atoms with Crippen molar-refractivity contribution in [3.8, 4) is 0 Å². The molecule has 1 saturated carbocycles. The fourth-order valence-corrected chi connectivity index (χ4v) is 7.42. The largest absolute Gasteiger partial charge is 0.416 e. The van der Waals surface area contributed by atoms with Crippen molar-refractivity contribution < 1.29 is 31.2 Å². The van der Waals surface area contributed by atoms with E-state index in [1.807, 2.05) is 0 Å². The van der Waals surface area contributed by atoms with Crippen LogP contribution < -0.4 is 9.62 Å². The monoisotopic (exact) mass is 703 g/mol. The molecule has 3 aromatic rings. The lowest BCUT2D eigenvalue weighted by atomic mass is 10.1. The summed E-state index contributed by atoms with van der Waals surface area (Å²) < 4.78 is 69.7. The summed E-state index contributed by atoms with van der Waals surface area (Å²) in [4.78, 5) is 28.7. The van der Waals surface area contributed by atoms with E-state index in [4.69, 9.17) is 34.8 Å². The Kier molecular flexibility index (Phi) is 11.3. The number of halogens is 6. The van der Waals surface area contributed by atoms with Crippen molar-refractivity contribution in [2.75, 3.05) is 10.8 Å². The van der Waals surface area contributed by atoms with Gasteiger partial charge in [-0.3, -0.25) is 13.9 Å². The third kappa shape index (κ3) is 8.44. The summed E-state index contributed by atoms with van der Waals surface area (Å²) in [6, 6.07) is 12.7. The van der Waals surface area contributed by atoms with Crippen molar-refractivity contribution >= 4 is 62.3 Å². The number of hydrogen-bond acceptors (Lipinski definition) is 4. The highest BCUT2D eigenvalue weighted by atomic mass is 35.5. The maximum Gasteiger partial charge on any atom is 0.416 e. The smallest absolute Gasteiger partial charge is 0.352 e. The number of carbonyl (C=O) groups is 2. The molecule has 0 spiro atoms. The number of alkyl halides is 3. The topological polar surface area (TPSA) is 86.8 Å². The minimum absolute atomic E-state index is 0.0681. The summed E-state index contributed by atoms with van der Waals surface area (Å²) in [6.07, 6.45) is -1.18. The first-order chi connectivity index (χ1) is 21.2. The van der Waals surface area contributed by atoms with Crippen LogP contribution in [0, 0.1) is 0 Å². The van der Waals surface area contributed by atoms with E-state index in [0.29, 0.717) is 21.0 Å². The first-order valence-corrected chi connectivity index (χ1v) is 16.8. The second kappa shape index (κ2) is 14.6. The number of anilines is 1. The van der Waals surface area contributed by atoms with Gasteiger partial charge >= 0.3 is 6.18 Å². The third-order valence-electron chi connectivity index (χ3n) is 7.60. The van der Waals surface area contributed by atoms with Gasteiger partial charge in [-0.25, -0.2) is 8.42 Å². The molecule has 1 fully saturated rings. The number of hydrogen-bond donors (Lipinski definition) is 1. The minimum atomic E-state index is -4.82. The number of amides is 2. The molecule has 0 heterocycles. The van der Waals surface area contributed by atoms with Gasteiger partial charge in [0, 0.05) is 22.6 Å². The Balaban J connectivity index is 1.80. The molecule has 3 aromatic carbocycles. The van der Waals surface area contributed by atoms with E-state index in [1.54, 1.807) is 25.1 Å². The molecular weight excluding hydrogens is 674 g/mol. The molecule has 0 saturated heterocycles. The highest BCUT2D eigenvalue weighted by Crippen LogP contribution is 2.37. The van der Waals surface area contributed by atoms with Crippen molar-refractivity contribution in [3.05, 3.63) is 92.9 Å². The Morgan fingerprint density at radius 1 is 0.956 bits per heavy atom. The van der Waals surface area contributed by atoms with E-state index in [0.717, 1.165) is 37.8 Å². The first kappa shape index (κ1) is 34.9. The van der Waals surface area contributed by atoms with Gasteiger partial charge in [-0.15, -0.1) is 0 Å². The standard InChI is InChI=1S/C31H31Cl3F3N3O4S/c1-2-27(30(42)38-23-8-6-7-9-23)39(18-20-12-14-22(32)17-26(20)34)29(41)19-40(45(43,44)24-10-4-3-5-11-24)28-16-21(31(35,36)37)13-15-25(28)33/h3-5,10-17,23,27H,2,6-9,18-19H2,1H3,(H,38,42)/t27-/m1/s1. The van der Waals surface area contributed by atoms with Crippen LogP contribution in [0.3, 0.4) is 0 Å². The second-order valence-electron chi connectivity index (χ2n) is 10.7. The van der Waals surface area contributed by atoms with Gasteiger partial charge in [0.05, 0.1) is 21.2 Å². The first-order valence-electron chi connectivity index (χ1n) is 14.2. The van der Waals surface area contributed by atoms with Gasteiger partial charge in [0.1, 0.15) is 12.6 Å². The van der Waals surface area contributed by atoms with Gasteiger partial charge in [-0.2, -0.15) is 13.2 Å². The Bertz CT molecular complexity index is 1640. The summed E-state index contributed by atoms with van der Waals surface area (Å²) in [5, 5.41) is 3.21. The second-order valence-corrected chi connectivity index (χ2v) is 13.8. The molecule has 45 heavy (non-hydrogen) atoms. The molecule has 0 radical (unpaired) electrons. The lowest BCUT2D eigenvalue weighted by Crippen LogP contribution is -2.53. The van der Waals surface area contributed by atoms with Crippen LogP contribution in [0.15, 0.2) is 71.6 Å². The third-order valence-corrected chi connectivity index (χ3v) is 10.3. The lowest BCUT2D eigenvalue weighted by molar-refractivity contribution is -0.140. The van der Waals surface area contributed by atoms with Crippen LogP contribution in [0.2, 0.25) is 15.1 Å². The van der Waals surface area contributed by atoms with Gasteiger partial charge in [0.15, 0.2) is 0 Å². The number of sulfonamides is 1. The van der Waals surface area contributed by atoms with Crippen LogP contribution in [0.4, 0.5) is 18.9 Å². The van der Waals surface area contributed by atoms with E-state index in [1.165, 1.54) is 35.2 Å². The molecule has 1 N–H and O–H groups in total. The summed E-state index contributed by atoms with van der Waals surface area (Å²) in [6.45, 7) is 0.530. The van der Waals surface area contributed by atoms with E-state index >= 15 is 0 Å². The fourth-order valence-electron chi connectivity index (χ4n) is 5.23. The number of nitrogens with zero attached hydrogens (tertiary/aromatic N) is 2. The minimum Gasteiger partial charge on any atom is -0.352 e. The molecular formula is C31H31Cl3F3N3O4S. The zero-order valence-electron chi connectivity index (χ0n) is 24.2. The lowest BCUT2D eigenvalue weighted by Gasteiger charge is -2.34. The Morgan fingerprint density at radius 3 is 2.22 bits per heavy atom. The van der Waals surface area contributed by atoms with E-state index < -0.39 is 51.9 Å². The summed E-state index contributed by atoms with van der Waals surface area (Å²) in [5.74, 6) is -1.29. The number of carbonyl (C=O) groups excluding carboxylic acids is 2. The highest BCUT2D eigenvalue weighted by molar-refractivity contribution is 7.92. The molecule has 14 heteroatoms. The van der Waals surface area contributed by atoms with Crippen molar-refractivity contribution in [1.82, 2.24) is 10.2 Å². The average Bonchev–Trinajstić information content (AvgIpc) is 3.50. The number of rotatable bonds is 11. The van der Waals surface area contributed by atoms with Crippen LogP contribution in [-0.4, -0.2) is 43.8 Å². The van der Waals surface area contributed by atoms with Crippen LogP contribution in [-0.2, 0) is 32.3 Å². The molecule has 0 bridgehead atoms. The van der Waals surface area contributed by atoms with Gasteiger partial charge in [-0.1, -0.05) is 78.8 Å². The predicted octanol–water partition coefficient (Wildman–Crippen LogP) is 7.73. The Labute approximate surface area is 275 Å².